The minimum absolute atomic E-state index is 0.248. The molecule has 0 aliphatic carbocycles. The number of rotatable bonds is 9. The van der Waals surface area contributed by atoms with E-state index in [0.717, 1.165) is 24.0 Å². The summed E-state index contributed by atoms with van der Waals surface area (Å²) in [7, 11) is 0. The van der Waals surface area contributed by atoms with Crippen molar-refractivity contribution in [2.45, 2.75) is 37.5 Å². The molecule has 5 nitrogen and oxygen atoms in total. The largest absolute Gasteiger partial charge is 0.362 e. The second-order valence-electron chi connectivity index (χ2n) is 7.59. The van der Waals surface area contributed by atoms with Crippen LogP contribution in [0.25, 0.3) is 0 Å². The van der Waals surface area contributed by atoms with E-state index in [9.17, 15) is 14.9 Å². The van der Waals surface area contributed by atoms with Crippen LogP contribution in [0.5, 0.6) is 0 Å². The molecule has 0 bridgehead atoms. The van der Waals surface area contributed by atoms with Gasteiger partial charge >= 0.3 is 5.97 Å². The first-order valence-corrected chi connectivity index (χ1v) is 10.7. The standard InChI is InChI=1S/C27H26N2O3/c28-21-27(23-15-7-2-8-16-23,24-17-9-3-10-18-24)20-12-4-11-19-25(30)29-32-26(31)22-13-5-1-6-14-22/h1-3,5-10,13-18H,4,11-12,19-20H2,(H,29,30). The van der Waals surface area contributed by atoms with E-state index in [4.69, 9.17) is 4.84 Å². The van der Waals surface area contributed by atoms with E-state index in [1.807, 2.05) is 60.7 Å². The van der Waals surface area contributed by atoms with Gasteiger partial charge in [-0.2, -0.15) is 10.7 Å². The molecule has 0 saturated carbocycles. The number of hydrogen-bond acceptors (Lipinski definition) is 4. The van der Waals surface area contributed by atoms with Crippen molar-refractivity contribution in [1.29, 1.82) is 5.26 Å². The summed E-state index contributed by atoms with van der Waals surface area (Å²) in [5.74, 6) is -0.935. The average molecular weight is 427 g/mol. The number of carbonyl (C=O) groups is 2. The van der Waals surface area contributed by atoms with Crippen molar-refractivity contribution in [1.82, 2.24) is 5.48 Å². The topological polar surface area (TPSA) is 79.2 Å². The molecule has 0 spiro atoms. The Morgan fingerprint density at radius 3 is 1.84 bits per heavy atom. The molecule has 3 aromatic carbocycles. The van der Waals surface area contributed by atoms with Gasteiger partial charge in [0.25, 0.3) is 5.91 Å². The zero-order chi connectivity index (χ0) is 22.7. The van der Waals surface area contributed by atoms with Crippen LogP contribution < -0.4 is 5.48 Å². The maximum Gasteiger partial charge on any atom is 0.362 e. The van der Waals surface area contributed by atoms with Crippen molar-refractivity contribution in [3.05, 3.63) is 108 Å². The molecule has 1 amide bonds. The van der Waals surface area contributed by atoms with Crippen LogP contribution in [0.3, 0.4) is 0 Å². The molecule has 162 valence electrons. The molecule has 0 heterocycles. The van der Waals surface area contributed by atoms with Crippen LogP contribution in [0.2, 0.25) is 0 Å². The van der Waals surface area contributed by atoms with E-state index in [1.165, 1.54) is 0 Å². The normalized spacial score (nSPS) is 10.7. The van der Waals surface area contributed by atoms with Gasteiger partial charge in [0.2, 0.25) is 0 Å². The van der Waals surface area contributed by atoms with Gasteiger partial charge in [-0.3, -0.25) is 4.79 Å². The smallest absolute Gasteiger partial charge is 0.335 e. The fourth-order valence-corrected chi connectivity index (χ4v) is 3.73. The maximum atomic E-state index is 12.0. The predicted molar refractivity (Wildman–Crippen MR) is 122 cm³/mol. The Morgan fingerprint density at radius 1 is 0.781 bits per heavy atom. The molecule has 0 saturated heterocycles. The van der Waals surface area contributed by atoms with E-state index < -0.39 is 11.4 Å². The summed E-state index contributed by atoms with van der Waals surface area (Å²) in [6.07, 6.45) is 3.11. The van der Waals surface area contributed by atoms with Crippen molar-refractivity contribution in [3.8, 4) is 6.07 Å². The number of nitriles is 1. The highest BCUT2D eigenvalue weighted by molar-refractivity contribution is 5.90. The molecular weight excluding hydrogens is 400 g/mol. The van der Waals surface area contributed by atoms with Gasteiger partial charge < -0.3 is 4.84 Å². The van der Waals surface area contributed by atoms with E-state index in [0.29, 0.717) is 18.4 Å². The summed E-state index contributed by atoms with van der Waals surface area (Å²) in [6.45, 7) is 0. The Bertz CT molecular complexity index is 1010. The zero-order valence-corrected chi connectivity index (χ0v) is 17.9. The lowest BCUT2D eigenvalue weighted by Crippen LogP contribution is -2.27. The number of benzene rings is 3. The van der Waals surface area contributed by atoms with E-state index in [-0.39, 0.29) is 12.3 Å². The first-order chi connectivity index (χ1) is 15.7. The van der Waals surface area contributed by atoms with E-state index in [2.05, 4.69) is 11.5 Å². The molecule has 0 radical (unpaired) electrons. The van der Waals surface area contributed by atoms with Gasteiger partial charge in [0.05, 0.1) is 11.6 Å². The highest BCUT2D eigenvalue weighted by Gasteiger charge is 2.33. The maximum absolute atomic E-state index is 12.0. The van der Waals surface area contributed by atoms with Gasteiger partial charge in [0, 0.05) is 6.42 Å². The second kappa shape index (κ2) is 11.5. The summed E-state index contributed by atoms with van der Waals surface area (Å²) >= 11 is 0. The highest BCUT2D eigenvalue weighted by atomic mass is 16.7. The SMILES string of the molecule is N#CC(CCCCCC(=O)NOC(=O)c1ccccc1)(c1ccccc1)c1ccccc1. The molecule has 0 aliphatic rings. The van der Waals surface area contributed by atoms with Gasteiger partial charge in [-0.1, -0.05) is 91.7 Å². The van der Waals surface area contributed by atoms with Gasteiger partial charge in [-0.05, 0) is 36.1 Å². The summed E-state index contributed by atoms with van der Waals surface area (Å²) < 4.78 is 0. The Labute approximate surface area is 188 Å². The van der Waals surface area contributed by atoms with Crippen LogP contribution in [0.1, 0.15) is 53.6 Å². The highest BCUT2D eigenvalue weighted by Crippen LogP contribution is 2.36. The van der Waals surface area contributed by atoms with Crippen molar-refractivity contribution in [2.75, 3.05) is 0 Å². The minimum atomic E-state index is -0.726. The van der Waals surface area contributed by atoms with Gasteiger partial charge in [-0.15, -0.1) is 0 Å². The molecule has 5 heteroatoms. The van der Waals surface area contributed by atoms with Crippen molar-refractivity contribution in [3.63, 3.8) is 0 Å². The van der Waals surface area contributed by atoms with Crippen molar-refractivity contribution < 1.29 is 14.4 Å². The Hall–Kier alpha value is -3.91. The number of hydroxylamine groups is 1. The summed E-state index contributed by atoms with van der Waals surface area (Å²) in [4.78, 5) is 28.7. The number of carbonyl (C=O) groups excluding carboxylic acids is 2. The minimum Gasteiger partial charge on any atom is -0.335 e. The van der Waals surface area contributed by atoms with Crippen LogP contribution in [0.15, 0.2) is 91.0 Å². The average Bonchev–Trinajstić information content (AvgIpc) is 2.86. The molecule has 1 N–H and O–H groups in total. The lowest BCUT2D eigenvalue weighted by Gasteiger charge is -2.28. The first kappa shape index (κ1) is 22.8. The van der Waals surface area contributed by atoms with Gasteiger partial charge in [-0.25, -0.2) is 4.79 Å². The zero-order valence-electron chi connectivity index (χ0n) is 17.9. The van der Waals surface area contributed by atoms with Crippen LogP contribution in [-0.2, 0) is 15.0 Å². The Balaban J connectivity index is 1.50. The van der Waals surface area contributed by atoms with Crippen LogP contribution in [0.4, 0.5) is 0 Å². The lowest BCUT2D eigenvalue weighted by atomic mass is 9.72. The third-order valence-corrected chi connectivity index (χ3v) is 5.45. The lowest BCUT2D eigenvalue weighted by molar-refractivity contribution is -0.130. The Kier molecular flexibility index (Phi) is 8.16. The van der Waals surface area contributed by atoms with Crippen LogP contribution in [-0.4, -0.2) is 11.9 Å². The molecule has 3 rings (SSSR count). The fourth-order valence-electron chi connectivity index (χ4n) is 3.73. The molecule has 0 aliphatic heterocycles. The van der Waals surface area contributed by atoms with Gasteiger partial charge in [0.1, 0.15) is 5.41 Å². The molecule has 0 fully saturated rings. The third-order valence-electron chi connectivity index (χ3n) is 5.45. The quantitative estimate of drug-likeness (QED) is 0.370. The van der Waals surface area contributed by atoms with Gasteiger partial charge in [0.15, 0.2) is 0 Å². The molecule has 32 heavy (non-hydrogen) atoms. The number of unbranched alkanes of at least 4 members (excludes halogenated alkanes) is 2. The molecule has 0 aromatic heterocycles. The van der Waals surface area contributed by atoms with E-state index >= 15 is 0 Å². The fraction of sp³-hybridized carbons (Fsp3) is 0.222. The van der Waals surface area contributed by atoms with E-state index in [1.54, 1.807) is 30.3 Å². The van der Waals surface area contributed by atoms with Crippen LogP contribution >= 0.6 is 0 Å². The molecular formula is C27H26N2O3. The number of hydrogen-bond donors (Lipinski definition) is 1. The molecule has 0 atom stereocenters. The predicted octanol–water partition coefficient (Wildman–Crippen LogP) is 5.33. The monoisotopic (exact) mass is 426 g/mol. The van der Waals surface area contributed by atoms with Crippen molar-refractivity contribution in [2.24, 2.45) is 0 Å². The summed E-state index contributed by atoms with van der Waals surface area (Å²) in [5, 5.41) is 10.2. The first-order valence-electron chi connectivity index (χ1n) is 10.7. The summed E-state index contributed by atoms with van der Waals surface area (Å²) in [5.41, 5.74) is 3.80. The number of nitrogens with zero attached hydrogens (tertiary/aromatic N) is 1. The summed E-state index contributed by atoms with van der Waals surface area (Å²) in [6, 6.07) is 30.7. The van der Waals surface area contributed by atoms with Crippen LogP contribution in [0, 0.1) is 11.3 Å². The second-order valence-corrected chi connectivity index (χ2v) is 7.59. The number of amides is 1. The molecule has 3 aromatic rings. The third kappa shape index (κ3) is 5.83. The van der Waals surface area contributed by atoms with Crippen molar-refractivity contribution >= 4 is 11.9 Å². The number of nitrogens with one attached hydrogen (secondary N) is 1. The Morgan fingerprint density at radius 2 is 1.31 bits per heavy atom. The molecule has 0 unspecified atom stereocenters.